The number of carbonyl (C=O) groups is 1. The van der Waals surface area contributed by atoms with Crippen LogP contribution in [0.4, 0.5) is 9.18 Å². The number of carbonyl (C=O) groups excluding carboxylic acids is 1. The topological polar surface area (TPSA) is 99.0 Å². The third-order valence-corrected chi connectivity index (χ3v) is 7.61. The quantitative estimate of drug-likeness (QED) is 0.341. The molecule has 2 aromatic carbocycles. The fourth-order valence-electron chi connectivity index (χ4n) is 5.22. The van der Waals surface area contributed by atoms with Gasteiger partial charge in [0.1, 0.15) is 23.1 Å². The molecule has 1 fully saturated rings. The Kier molecular flexibility index (Phi) is 9.07. The smallest absolute Gasteiger partial charge is 0.406 e. The second-order valence-corrected chi connectivity index (χ2v) is 11.4. The van der Waals surface area contributed by atoms with Gasteiger partial charge < -0.3 is 29.2 Å². The Labute approximate surface area is 240 Å². The molecule has 2 N–H and O–H groups in total. The molecule has 1 saturated carbocycles. The standard InChI is InChI=1S/C32H39FN2O6/c1-19-13-23(33)14-20(2)30(19)41-27-12-9-22(32(3,4)38)15-25(27)26-18-35(5)29(36)16-28(26)40-24-10-7-21(8-11-24)17-34-31(37)39-6/h9,12-16,18,21,24,38H,7-8,10-11,17H2,1-6H3,(H,34,37). The minimum Gasteiger partial charge on any atom is -0.490 e. The average molecular weight is 567 g/mol. The normalized spacial score (nSPS) is 17.2. The van der Waals surface area contributed by atoms with Gasteiger partial charge in [-0.1, -0.05) is 6.07 Å². The van der Waals surface area contributed by atoms with E-state index in [1.807, 2.05) is 6.07 Å². The number of halogens is 1. The second-order valence-electron chi connectivity index (χ2n) is 11.4. The predicted octanol–water partition coefficient (Wildman–Crippen LogP) is 6.12. The fraction of sp³-hybridized carbons (Fsp3) is 0.438. The molecule has 41 heavy (non-hydrogen) atoms. The molecule has 3 aromatic rings. The van der Waals surface area contributed by atoms with Gasteiger partial charge in [0.05, 0.1) is 18.8 Å². The van der Waals surface area contributed by atoms with Gasteiger partial charge in [0, 0.05) is 37.0 Å². The van der Waals surface area contributed by atoms with Crippen molar-refractivity contribution in [3.05, 3.63) is 75.5 Å². The van der Waals surface area contributed by atoms with E-state index in [2.05, 4.69) is 10.1 Å². The first-order valence-electron chi connectivity index (χ1n) is 13.9. The molecule has 0 aliphatic heterocycles. The van der Waals surface area contributed by atoms with E-state index in [1.54, 1.807) is 53.1 Å². The summed E-state index contributed by atoms with van der Waals surface area (Å²) in [7, 11) is 3.02. The number of hydrogen-bond donors (Lipinski definition) is 2. The molecular weight excluding hydrogens is 527 g/mol. The van der Waals surface area contributed by atoms with E-state index in [4.69, 9.17) is 9.47 Å². The Morgan fingerprint density at radius 1 is 1.05 bits per heavy atom. The maximum atomic E-state index is 14.0. The van der Waals surface area contributed by atoms with Crippen molar-refractivity contribution in [2.75, 3.05) is 13.7 Å². The molecule has 8 nitrogen and oxygen atoms in total. The maximum Gasteiger partial charge on any atom is 0.406 e. The van der Waals surface area contributed by atoms with Crippen LogP contribution in [0.15, 0.2) is 47.4 Å². The highest BCUT2D eigenvalue weighted by Crippen LogP contribution is 2.42. The van der Waals surface area contributed by atoms with Gasteiger partial charge in [-0.3, -0.25) is 4.79 Å². The Balaban J connectivity index is 1.70. The van der Waals surface area contributed by atoms with Crippen LogP contribution in [-0.4, -0.2) is 35.5 Å². The second kappa shape index (κ2) is 12.3. The van der Waals surface area contributed by atoms with Crippen molar-refractivity contribution in [3.8, 4) is 28.4 Å². The summed E-state index contributed by atoms with van der Waals surface area (Å²) >= 11 is 0. The summed E-state index contributed by atoms with van der Waals surface area (Å²) in [4.78, 5) is 24.2. The molecule has 0 bridgehead atoms. The van der Waals surface area contributed by atoms with Crippen LogP contribution in [0.1, 0.15) is 56.2 Å². The monoisotopic (exact) mass is 566 g/mol. The van der Waals surface area contributed by atoms with E-state index >= 15 is 0 Å². The Morgan fingerprint density at radius 2 is 1.71 bits per heavy atom. The number of methoxy groups -OCH3 is 1. The van der Waals surface area contributed by atoms with Crippen LogP contribution >= 0.6 is 0 Å². The number of rotatable bonds is 8. The maximum absolute atomic E-state index is 14.0. The Bertz CT molecular complexity index is 1440. The fourth-order valence-corrected chi connectivity index (χ4v) is 5.22. The van der Waals surface area contributed by atoms with Crippen molar-refractivity contribution in [2.45, 2.75) is 65.1 Å². The number of nitrogens with one attached hydrogen (secondary N) is 1. The van der Waals surface area contributed by atoms with Crippen molar-refractivity contribution in [2.24, 2.45) is 13.0 Å². The van der Waals surface area contributed by atoms with Gasteiger partial charge in [0.25, 0.3) is 5.56 Å². The predicted molar refractivity (Wildman–Crippen MR) is 155 cm³/mol. The zero-order chi connectivity index (χ0) is 29.9. The number of ether oxygens (including phenoxy) is 3. The lowest BCUT2D eigenvalue weighted by Crippen LogP contribution is -2.33. The van der Waals surface area contributed by atoms with Crippen molar-refractivity contribution in [3.63, 3.8) is 0 Å². The van der Waals surface area contributed by atoms with Gasteiger partial charge in [-0.15, -0.1) is 0 Å². The zero-order valence-electron chi connectivity index (χ0n) is 24.5. The minimum absolute atomic E-state index is 0.112. The highest BCUT2D eigenvalue weighted by Gasteiger charge is 2.26. The van der Waals surface area contributed by atoms with E-state index in [0.717, 1.165) is 25.7 Å². The number of aliphatic hydroxyl groups is 1. The van der Waals surface area contributed by atoms with Gasteiger partial charge in [0.2, 0.25) is 0 Å². The van der Waals surface area contributed by atoms with Crippen molar-refractivity contribution in [1.29, 1.82) is 0 Å². The van der Waals surface area contributed by atoms with Crippen molar-refractivity contribution >= 4 is 6.09 Å². The lowest BCUT2D eigenvalue weighted by Gasteiger charge is -2.30. The third kappa shape index (κ3) is 7.27. The van der Waals surface area contributed by atoms with Crippen LogP contribution < -0.4 is 20.3 Å². The summed E-state index contributed by atoms with van der Waals surface area (Å²) in [6, 6.07) is 9.73. The van der Waals surface area contributed by atoms with Crippen LogP contribution in [-0.2, 0) is 17.4 Å². The first-order valence-corrected chi connectivity index (χ1v) is 13.9. The number of hydrogen-bond acceptors (Lipinski definition) is 6. The lowest BCUT2D eigenvalue weighted by atomic mass is 9.87. The molecule has 1 aliphatic carbocycles. The molecule has 1 amide bonds. The molecule has 0 unspecified atom stereocenters. The van der Waals surface area contributed by atoms with E-state index < -0.39 is 11.7 Å². The number of aryl methyl sites for hydroxylation is 3. The van der Waals surface area contributed by atoms with E-state index in [1.165, 1.54) is 29.9 Å². The Hall–Kier alpha value is -3.85. The molecule has 4 rings (SSSR count). The third-order valence-electron chi connectivity index (χ3n) is 7.61. The van der Waals surface area contributed by atoms with Crippen LogP contribution in [0.3, 0.4) is 0 Å². The van der Waals surface area contributed by atoms with Crippen LogP contribution in [0.5, 0.6) is 17.2 Å². The molecule has 0 saturated heterocycles. The summed E-state index contributed by atoms with van der Waals surface area (Å²) in [5.74, 6) is 1.43. The Morgan fingerprint density at radius 3 is 2.32 bits per heavy atom. The number of pyridine rings is 1. The summed E-state index contributed by atoms with van der Waals surface area (Å²) in [6.45, 7) is 7.52. The first-order chi connectivity index (χ1) is 19.3. The summed E-state index contributed by atoms with van der Waals surface area (Å²) in [5, 5.41) is 13.6. The SMILES string of the molecule is COC(=O)NCC1CCC(Oc2cc(=O)n(C)cc2-c2cc(C(C)(C)O)ccc2Oc2c(C)cc(F)cc2C)CC1. The van der Waals surface area contributed by atoms with Gasteiger partial charge in [-0.2, -0.15) is 0 Å². The summed E-state index contributed by atoms with van der Waals surface area (Å²) < 4.78 is 33.0. The highest BCUT2D eigenvalue weighted by molar-refractivity contribution is 5.76. The average Bonchev–Trinajstić information content (AvgIpc) is 2.91. The van der Waals surface area contributed by atoms with Crippen LogP contribution in [0, 0.1) is 25.6 Å². The molecule has 220 valence electrons. The largest absolute Gasteiger partial charge is 0.490 e. The molecular formula is C32H39FN2O6. The minimum atomic E-state index is -1.13. The number of amides is 1. The van der Waals surface area contributed by atoms with Gasteiger partial charge in [-0.05, 0) is 100 Å². The van der Waals surface area contributed by atoms with Gasteiger partial charge in [-0.25, -0.2) is 9.18 Å². The zero-order valence-corrected chi connectivity index (χ0v) is 24.5. The molecule has 0 radical (unpaired) electrons. The van der Waals surface area contributed by atoms with Crippen LogP contribution in [0.25, 0.3) is 11.1 Å². The molecule has 1 aromatic heterocycles. The number of benzene rings is 2. The highest BCUT2D eigenvalue weighted by atomic mass is 19.1. The number of alkyl carbamates (subject to hydrolysis) is 1. The number of aromatic nitrogens is 1. The van der Waals surface area contributed by atoms with Gasteiger partial charge >= 0.3 is 6.09 Å². The lowest BCUT2D eigenvalue weighted by molar-refractivity contribution is 0.0786. The molecule has 0 spiro atoms. The molecule has 9 heteroatoms. The molecule has 0 atom stereocenters. The van der Waals surface area contributed by atoms with Crippen molar-refractivity contribution < 1.29 is 28.5 Å². The van der Waals surface area contributed by atoms with E-state index in [-0.39, 0.29) is 17.5 Å². The summed E-state index contributed by atoms with van der Waals surface area (Å²) in [6.07, 6.45) is 4.42. The molecule has 1 aliphatic rings. The summed E-state index contributed by atoms with van der Waals surface area (Å²) in [5.41, 5.74) is 1.88. The van der Waals surface area contributed by atoms with E-state index in [0.29, 0.717) is 57.5 Å². The number of nitrogens with zero attached hydrogens (tertiary/aromatic N) is 1. The van der Waals surface area contributed by atoms with Crippen LogP contribution in [0.2, 0.25) is 0 Å². The van der Waals surface area contributed by atoms with Crippen molar-refractivity contribution in [1.82, 2.24) is 9.88 Å². The first kappa shape index (κ1) is 30.1. The van der Waals surface area contributed by atoms with Gasteiger partial charge in [0.15, 0.2) is 0 Å². The van der Waals surface area contributed by atoms with E-state index in [9.17, 15) is 19.1 Å². The molecule has 1 heterocycles.